The van der Waals surface area contributed by atoms with Gasteiger partial charge in [0, 0.05) is 4.88 Å². The van der Waals surface area contributed by atoms with Gasteiger partial charge in [-0.3, -0.25) is 9.59 Å². The van der Waals surface area contributed by atoms with Crippen molar-refractivity contribution >= 4 is 35.0 Å². The number of carbonyl (C=O) groups excluding carboxylic acids is 1. The van der Waals surface area contributed by atoms with Crippen molar-refractivity contribution in [1.29, 1.82) is 0 Å². The van der Waals surface area contributed by atoms with Crippen LogP contribution in [0.4, 0.5) is 0 Å². The Hall–Kier alpha value is -1.01. The number of amides is 1. The maximum Gasteiger partial charge on any atom is 0.305 e. The molecule has 0 saturated heterocycles. The third kappa shape index (κ3) is 6.63. The Labute approximate surface area is 121 Å². The minimum atomic E-state index is -0.909. The second-order valence-corrected chi connectivity index (χ2v) is 6.65. The van der Waals surface area contributed by atoms with Gasteiger partial charge in [0.15, 0.2) is 0 Å². The quantitative estimate of drug-likeness (QED) is 0.775. The molecule has 1 atom stereocenters. The number of nitrogens with one attached hydrogen (secondary N) is 1. The predicted molar refractivity (Wildman–Crippen MR) is 79.6 cm³/mol. The molecule has 0 aliphatic heterocycles. The molecule has 4 nitrogen and oxygen atoms in total. The summed E-state index contributed by atoms with van der Waals surface area (Å²) in [5.74, 6) is 0.833. The van der Waals surface area contributed by atoms with E-state index in [9.17, 15) is 9.59 Å². The lowest BCUT2D eigenvalue weighted by molar-refractivity contribution is -0.137. The maximum atomic E-state index is 11.8. The lowest BCUT2D eigenvalue weighted by Crippen LogP contribution is -2.31. The number of rotatable bonds is 8. The normalized spacial score (nSPS) is 12.4. The van der Waals surface area contributed by atoms with E-state index in [0.29, 0.717) is 11.7 Å². The smallest absolute Gasteiger partial charge is 0.305 e. The van der Waals surface area contributed by atoms with E-state index in [1.807, 2.05) is 17.5 Å². The molecule has 1 heterocycles. The number of carboxylic acids is 1. The zero-order chi connectivity index (χ0) is 14.3. The number of carboxylic acid groups (broad SMARTS) is 1. The van der Waals surface area contributed by atoms with Crippen LogP contribution in [0.5, 0.6) is 0 Å². The standard InChI is InChI=1S/C13H19NO3S2/c1-9(2)7-18-8-12(15)14-10(6-13(16)17)11-4-3-5-19-11/h3-5,9-10H,6-8H2,1-2H3,(H,14,15)(H,16,17)/t10-/m0/s1. The van der Waals surface area contributed by atoms with Crippen LogP contribution >= 0.6 is 23.1 Å². The van der Waals surface area contributed by atoms with Gasteiger partial charge in [-0.05, 0) is 23.1 Å². The van der Waals surface area contributed by atoms with E-state index in [1.54, 1.807) is 11.8 Å². The van der Waals surface area contributed by atoms with Crippen molar-refractivity contribution < 1.29 is 14.7 Å². The Morgan fingerprint density at radius 1 is 1.47 bits per heavy atom. The van der Waals surface area contributed by atoms with E-state index in [4.69, 9.17) is 5.11 Å². The number of thiophene rings is 1. The van der Waals surface area contributed by atoms with E-state index in [1.165, 1.54) is 11.3 Å². The SMILES string of the molecule is CC(C)CSCC(=O)N[C@@H](CC(=O)O)c1cccs1. The number of aliphatic carboxylic acids is 1. The summed E-state index contributed by atoms with van der Waals surface area (Å²) in [6, 6.07) is 3.28. The van der Waals surface area contributed by atoms with Crippen molar-refractivity contribution in [1.82, 2.24) is 5.32 Å². The average molecular weight is 301 g/mol. The van der Waals surface area contributed by atoms with Crippen LogP contribution in [0.25, 0.3) is 0 Å². The summed E-state index contributed by atoms with van der Waals surface area (Å²) in [6.45, 7) is 4.20. The fraction of sp³-hybridized carbons (Fsp3) is 0.538. The summed E-state index contributed by atoms with van der Waals surface area (Å²) in [5.41, 5.74) is 0. The summed E-state index contributed by atoms with van der Waals surface area (Å²) < 4.78 is 0. The number of hydrogen-bond donors (Lipinski definition) is 2. The molecule has 106 valence electrons. The molecule has 1 aromatic rings. The van der Waals surface area contributed by atoms with Crippen LogP contribution in [-0.2, 0) is 9.59 Å². The zero-order valence-electron chi connectivity index (χ0n) is 11.1. The fourth-order valence-corrected chi connectivity index (χ4v) is 3.15. The first-order valence-corrected chi connectivity index (χ1v) is 8.14. The summed E-state index contributed by atoms with van der Waals surface area (Å²) in [7, 11) is 0. The predicted octanol–water partition coefficient (Wildman–Crippen LogP) is 2.77. The Kier molecular flexibility index (Phi) is 6.94. The lowest BCUT2D eigenvalue weighted by Gasteiger charge is -2.15. The van der Waals surface area contributed by atoms with Gasteiger partial charge in [-0.1, -0.05) is 19.9 Å². The molecule has 1 rings (SSSR count). The fourth-order valence-electron chi connectivity index (χ4n) is 1.51. The number of carbonyl (C=O) groups is 2. The van der Waals surface area contributed by atoms with Crippen molar-refractivity contribution in [2.75, 3.05) is 11.5 Å². The van der Waals surface area contributed by atoms with Gasteiger partial charge in [0.1, 0.15) is 0 Å². The second-order valence-electron chi connectivity index (χ2n) is 4.64. The van der Waals surface area contributed by atoms with E-state index < -0.39 is 12.0 Å². The summed E-state index contributed by atoms with van der Waals surface area (Å²) in [6.07, 6.45) is -0.0822. The van der Waals surface area contributed by atoms with E-state index in [-0.39, 0.29) is 12.3 Å². The largest absolute Gasteiger partial charge is 0.481 e. The van der Waals surface area contributed by atoms with Gasteiger partial charge in [0.2, 0.25) is 5.91 Å². The van der Waals surface area contributed by atoms with Crippen molar-refractivity contribution in [2.45, 2.75) is 26.3 Å². The highest BCUT2D eigenvalue weighted by molar-refractivity contribution is 7.99. The minimum Gasteiger partial charge on any atom is -0.481 e. The third-order valence-electron chi connectivity index (χ3n) is 2.28. The average Bonchev–Trinajstić information content (AvgIpc) is 2.80. The third-order valence-corrected chi connectivity index (χ3v) is 4.64. The highest BCUT2D eigenvalue weighted by Gasteiger charge is 2.18. The Morgan fingerprint density at radius 3 is 2.74 bits per heavy atom. The van der Waals surface area contributed by atoms with Crippen LogP contribution in [0.3, 0.4) is 0 Å². The van der Waals surface area contributed by atoms with Crippen LogP contribution in [0, 0.1) is 5.92 Å². The van der Waals surface area contributed by atoms with Crippen LogP contribution < -0.4 is 5.32 Å². The van der Waals surface area contributed by atoms with Gasteiger partial charge >= 0.3 is 5.97 Å². The van der Waals surface area contributed by atoms with Crippen LogP contribution in [-0.4, -0.2) is 28.5 Å². The zero-order valence-corrected chi connectivity index (χ0v) is 12.7. The molecule has 1 amide bonds. The molecule has 0 saturated carbocycles. The van der Waals surface area contributed by atoms with Gasteiger partial charge in [-0.2, -0.15) is 11.8 Å². The summed E-state index contributed by atoms with van der Waals surface area (Å²) in [4.78, 5) is 23.5. The highest BCUT2D eigenvalue weighted by atomic mass is 32.2. The number of hydrogen-bond acceptors (Lipinski definition) is 4. The Balaban J connectivity index is 2.48. The van der Waals surface area contributed by atoms with Crippen molar-refractivity contribution in [3.63, 3.8) is 0 Å². The van der Waals surface area contributed by atoms with E-state index in [2.05, 4.69) is 19.2 Å². The minimum absolute atomic E-state index is 0.0822. The van der Waals surface area contributed by atoms with Crippen molar-refractivity contribution in [3.05, 3.63) is 22.4 Å². The maximum absolute atomic E-state index is 11.8. The van der Waals surface area contributed by atoms with Gasteiger partial charge in [-0.15, -0.1) is 11.3 Å². The molecule has 0 bridgehead atoms. The van der Waals surface area contributed by atoms with E-state index in [0.717, 1.165) is 10.6 Å². The van der Waals surface area contributed by atoms with Gasteiger partial charge in [0.05, 0.1) is 18.2 Å². The molecule has 19 heavy (non-hydrogen) atoms. The molecule has 1 aromatic heterocycles. The first kappa shape index (κ1) is 16.0. The molecule has 0 fully saturated rings. The van der Waals surface area contributed by atoms with Crippen LogP contribution in [0.1, 0.15) is 31.2 Å². The molecule has 0 aliphatic carbocycles. The molecule has 0 unspecified atom stereocenters. The van der Waals surface area contributed by atoms with Gasteiger partial charge in [0.25, 0.3) is 0 Å². The summed E-state index contributed by atoms with van der Waals surface area (Å²) in [5, 5.41) is 13.6. The first-order chi connectivity index (χ1) is 8.99. The molecular weight excluding hydrogens is 282 g/mol. The number of thioether (sulfide) groups is 1. The van der Waals surface area contributed by atoms with Gasteiger partial charge < -0.3 is 10.4 Å². The monoisotopic (exact) mass is 301 g/mol. The molecule has 6 heteroatoms. The molecule has 0 aliphatic rings. The molecule has 2 N–H and O–H groups in total. The van der Waals surface area contributed by atoms with Gasteiger partial charge in [-0.25, -0.2) is 0 Å². The molecule has 0 aromatic carbocycles. The topological polar surface area (TPSA) is 66.4 Å². The second kappa shape index (κ2) is 8.22. The van der Waals surface area contributed by atoms with E-state index >= 15 is 0 Å². The first-order valence-electron chi connectivity index (χ1n) is 6.11. The molecule has 0 spiro atoms. The summed E-state index contributed by atoms with van der Waals surface area (Å²) >= 11 is 3.03. The van der Waals surface area contributed by atoms with Crippen LogP contribution in [0.15, 0.2) is 17.5 Å². The Morgan fingerprint density at radius 2 is 2.21 bits per heavy atom. The van der Waals surface area contributed by atoms with Crippen LogP contribution in [0.2, 0.25) is 0 Å². The lowest BCUT2D eigenvalue weighted by atomic mass is 10.1. The van der Waals surface area contributed by atoms with Crippen molar-refractivity contribution in [3.8, 4) is 0 Å². The molecule has 0 radical (unpaired) electrons. The Bertz CT molecular complexity index is 404. The van der Waals surface area contributed by atoms with Crippen molar-refractivity contribution in [2.24, 2.45) is 5.92 Å². The highest BCUT2D eigenvalue weighted by Crippen LogP contribution is 2.22. The molecular formula is C13H19NO3S2.